The molecule has 5 aromatic rings. The van der Waals surface area contributed by atoms with Crippen LogP contribution in [0.1, 0.15) is 22.7 Å². The third kappa shape index (κ3) is 4.99. The molecule has 44 heavy (non-hydrogen) atoms. The maximum absolute atomic E-state index is 13.3. The predicted octanol–water partition coefficient (Wildman–Crippen LogP) is 4.88. The van der Waals surface area contributed by atoms with Gasteiger partial charge in [0.25, 0.3) is 0 Å². The molecule has 0 fully saturated rings. The van der Waals surface area contributed by atoms with Gasteiger partial charge >= 0.3 is 12.1 Å². The molecule has 0 spiro atoms. The Labute approximate surface area is 253 Å². The van der Waals surface area contributed by atoms with Gasteiger partial charge in [-0.15, -0.1) is 0 Å². The zero-order valence-corrected chi connectivity index (χ0v) is 24.7. The van der Waals surface area contributed by atoms with Crippen LogP contribution in [0, 0.1) is 0 Å². The van der Waals surface area contributed by atoms with Crippen molar-refractivity contribution in [2.24, 2.45) is 0 Å². The molecule has 3 N–H and O–H groups in total. The van der Waals surface area contributed by atoms with Crippen molar-refractivity contribution < 1.29 is 33.0 Å². The van der Waals surface area contributed by atoms with E-state index in [1.165, 1.54) is 26.2 Å². The van der Waals surface area contributed by atoms with Gasteiger partial charge in [0.1, 0.15) is 23.9 Å². The summed E-state index contributed by atoms with van der Waals surface area (Å²) in [5.74, 6) is -1.73. The number of aromatic nitrogens is 1. The highest BCUT2D eigenvalue weighted by atomic mass is 32.2. The average Bonchev–Trinajstić information content (AvgIpc) is 3.33. The van der Waals surface area contributed by atoms with Crippen molar-refractivity contribution in [3.63, 3.8) is 0 Å². The Kier molecular flexibility index (Phi) is 7.44. The number of phenols is 1. The number of pyridine rings is 1. The summed E-state index contributed by atoms with van der Waals surface area (Å²) in [6, 6.07) is 23.9. The van der Waals surface area contributed by atoms with E-state index in [0.717, 1.165) is 26.6 Å². The van der Waals surface area contributed by atoms with Gasteiger partial charge in [-0.05, 0) is 34.4 Å². The minimum absolute atomic E-state index is 0.00639. The van der Waals surface area contributed by atoms with E-state index in [2.05, 4.69) is 10.3 Å². The van der Waals surface area contributed by atoms with Crippen LogP contribution in [0.2, 0.25) is 0 Å². The number of benzene rings is 4. The number of hydrogen-bond acceptors (Lipinski definition) is 7. The molecule has 10 nitrogen and oxygen atoms in total. The second kappa shape index (κ2) is 11.3. The number of phenolic OH excluding ortho intramolecular Hbond substituents is 1. The summed E-state index contributed by atoms with van der Waals surface area (Å²) in [5, 5.41) is 24.2. The summed E-state index contributed by atoms with van der Waals surface area (Å²) in [5.41, 5.74) is 4.43. The number of aromatic hydroxyl groups is 1. The smallest absolute Gasteiger partial charge is 0.407 e. The van der Waals surface area contributed by atoms with Crippen molar-refractivity contribution in [2.45, 2.75) is 23.3 Å². The van der Waals surface area contributed by atoms with E-state index < -0.39 is 28.1 Å². The zero-order chi connectivity index (χ0) is 31.2. The Bertz CT molecular complexity index is 2010. The maximum Gasteiger partial charge on any atom is 0.407 e. The first-order chi connectivity index (χ1) is 21.1. The van der Waals surface area contributed by atoms with Crippen LogP contribution >= 0.6 is 0 Å². The summed E-state index contributed by atoms with van der Waals surface area (Å²) in [6.07, 6.45) is -1.13. The fourth-order valence-electron chi connectivity index (χ4n) is 5.79. The van der Waals surface area contributed by atoms with Gasteiger partial charge < -0.3 is 20.3 Å². The number of nitrogens with zero attached hydrogens (tertiary/aromatic N) is 2. The number of alkyl carbamates (subject to hydrolysis) is 1. The van der Waals surface area contributed by atoms with E-state index in [4.69, 9.17) is 4.74 Å². The fourth-order valence-corrected chi connectivity index (χ4v) is 7.05. The number of carbonyl (C=O) groups is 2. The van der Waals surface area contributed by atoms with E-state index >= 15 is 0 Å². The van der Waals surface area contributed by atoms with Gasteiger partial charge in [0.2, 0.25) is 10.0 Å². The fraction of sp³-hybridized carbons (Fsp3) is 0.182. The normalized spacial score (nSPS) is 13.5. The highest BCUT2D eigenvalue weighted by Gasteiger charge is 2.31. The monoisotopic (exact) mass is 611 g/mol. The molecule has 0 radical (unpaired) electrons. The Morgan fingerprint density at radius 3 is 2.09 bits per heavy atom. The van der Waals surface area contributed by atoms with Gasteiger partial charge in [0.05, 0.1) is 4.90 Å². The Hall–Kier alpha value is -5.00. The number of carboxylic acids is 1. The van der Waals surface area contributed by atoms with Gasteiger partial charge in [-0.1, -0.05) is 72.8 Å². The summed E-state index contributed by atoms with van der Waals surface area (Å²) in [6.45, 7) is 0.0183. The topological polar surface area (TPSA) is 146 Å². The molecule has 1 amide bonds. The van der Waals surface area contributed by atoms with E-state index in [9.17, 15) is 28.2 Å². The van der Waals surface area contributed by atoms with Gasteiger partial charge in [-0.3, -0.25) is 0 Å². The lowest BCUT2D eigenvalue weighted by Crippen LogP contribution is -2.43. The SMILES string of the molecule is CN(C)S(=O)(=O)c1c2ccccc2c(O)c2nc(C[C@H](NC(=O)OCC3c4ccccc4-c4ccccc43)C(=O)O)ccc12. The molecule has 0 unspecified atom stereocenters. The van der Waals surface area contributed by atoms with Crippen LogP contribution in [-0.4, -0.2) is 66.7 Å². The molecule has 11 heteroatoms. The first-order valence-electron chi connectivity index (χ1n) is 13.9. The molecule has 1 aliphatic rings. The van der Waals surface area contributed by atoms with Gasteiger partial charge in [0, 0.05) is 48.3 Å². The van der Waals surface area contributed by atoms with E-state index in [1.807, 2.05) is 48.5 Å². The lowest BCUT2D eigenvalue weighted by molar-refractivity contribution is -0.139. The number of fused-ring (bicyclic) bond motifs is 5. The van der Waals surface area contributed by atoms with E-state index in [0.29, 0.717) is 5.39 Å². The maximum atomic E-state index is 13.3. The molecule has 0 saturated carbocycles. The summed E-state index contributed by atoms with van der Waals surface area (Å²) < 4.78 is 33.2. The first kappa shape index (κ1) is 29.1. The third-order valence-corrected chi connectivity index (χ3v) is 9.85. The van der Waals surface area contributed by atoms with E-state index in [1.54, 1.807) is 24.3 Å². The second-order valence-corrected chi connectivity index (χ2v) is 12.9. The molecule has 0 saturated heterocycles. The number of amides is 1. The summed E-state index contributed by atoms with van der Waals surface area (Å²) in [7, 11) is -1.12. The van der Waals surface area contributed by atoms with Gasteiger partial charge in [0.15, 0.2) is 0 Å². The number of carboxylic acid groups (broad SMARTS) is 1. The third-order valence-electron chi connectivity index (χ3n) is 7.93. The average molecular weight is 612 g/mol. The molecular formula is C33H29N3O7S. The molecule has 4 aromatic carbocycles. The standard InChI is InChI=1S/C33H29N3O7S/c1-36(2)44(41,42)31-25-14-8-7-13-24(25)30(37)29-26(31)16-15-19(34-29)17-28(32(38)39)35-33(40)43-18-27-22-11-5-3-9-20(22)21-10-4-6-12-23(21)27/h3-16,27-28,37H,17-18H2,1-2H3,(H,35,40)(H,38,39)/t28-/m0/s1. The minimum atomic E-state index is -3.95. The zero-order valence-electron chi connectivity index (χ0n) is 23.9. The van der Waals surface area contributed by atoms with Crippen LogP contribution in [0.15, 0.2) is 89.8 Å². The van der Waals surface area contributed by atoms with Crippen molar-refractivity contribution in [1.29, 1.82) is 0 Å². The van der Waals surface area contributed by atoms with Crippen LogP contribution in [-0.2, 0) is 26.0 Å². The number of nitrogens with one attached hydrogen (secondary N) is 1. The highest BCUT2D eigenvalue weighted by Crippen LogP contribution is 2.44. The number of ether oxygens (including phenoxy) is 1. The second-order valence-electron chi connectivity index (χ2n) is 10.8. The highest BCUT2D eigenvalue weighted by molar-refractivity contribution is 7.89. The van der Waals surface area contributed by atoms with Crippen LogP contribution in [0.25, 0.3) is 32.8 Å². The molecular weight excluding hydrogens is 582 g/mol. The van der Waals surface area contributed by atoms with Crippen LogP contribution in [0.5, 0.6) is 5.75 Å². The van der Waals surface area contributed by atoms with Crippen molar-refractivity contribution in [3.05, 3.63) is 102 Å². The van der Waals surface area contributed by atoms with Crippen LogP contribution < -0.4 is 5.32 Å². The summed E-state index contributed by atoms with van der Waals surface area (Å²) >= 11 is 0. The Balaban J connectivity index is 1.25. The number of rotatable bonds is 8. The lowest BCUT2D eigenvalue weighted by Gasteiger charge is -2.19. The molecule has 0 bridgehead atoms. The van der Waals surface area contributed by atoms with Gasteiger partial charge in [-0.2, -0.15) is 0 Å². The molecule has 1 aliphatic carbocycles. The van der Waals surface area contributed by atoms with Crippen molar-refractivity contribution >= 4 is 43.8 Å². The Morgan fingerprint density at radius 2 is 1.48 bits per heavy atom. The molecule has 0 aliphatic heterocycles. The van der Waals surface area contributed by atoms with Crippen molar-refractivity contribution in [3.8, 4) is 16.9 Å². The Morgan fingerprint density at radius 1 is 0.886 bits per heavy atom. The molecule has 1 aromatic heterocycles. The first-order valence-corrected chi connectivity index (χ1v) is 15.3. The van der Waals surface area contributed by atoms with Crippen molar-refractivity contribution in [1.82, 2.24) is 14.6 Å². The largest absolute Gasteiger partial charge is 0.505 e. The molecule has 1 atom stereocenters. The molecule has 224 valence electrons. The number of aliphatic carboxylic acids is 1. The van der Waals surface area contributed by atoms with E-state index in [-0.39, 0.29) is 51.6 Å². The van der Waals surface area contributed by atoms with Crippen LogP contribution in [0.4, 0.5) is 4.79 Å². The number of sulfonamides is 1. The van der Waals surface area contributed by atoms with Crippen molar-refractivity contribution in [2.75, 3.05) is 20.7 Å². The summed E-state index contributed by atoms with van der Waals surface area (Å²) in [4.78, 5) is 29.4. The predicted molar refractivity (Wildman–Crippen MR) is 165 cm³/mol. The minimum Gasteiger partial charge on any atom is -0.505 e. The molecule has 1 heterocycles. The molecule has 6 rings (SSSR count). The number of carbonyl (C=O) groups excluding carboxylic acids is 1. The van der Waals surface area contributed by atoms with Crippen LogP contribution in [0.3, 0.4) is 0 Å². The van der Waals surface area contributed by atoms with Gasteiger partial charge in [-0.25, -0.2) is 27.3 Å². The quantitative estimate of drug-likeness (QED) is 0.211. The lowest BCUT2D eigenvalue weighted by atomic mass is 9.98. The number of hydrogen-bond donors (Lipinski definition) is 3.